The fourth-order valence-corrected chi connectivity index (χ4v) is 2.49. The zero-order chi connectivity index (χ0) is 14.5. The van der Waals surface area contributed by atoms with Crippen LogP contribution < -0.4 is 5.32 Å². The maximum atomic E-state index is 5.75. The van der Waals surface area contributed by atoms with Gasteiger partial charge in [-0.1, -0.05) is 30.3 Å². The highest BCUT2D eigenvalue weighted by atomic mass is 35.5. The number of anilines is 2. The van der Waals surface area contributed by atoms with Crippen LogP contribution in [0.4, 0.5) is 11.5 Å². The number of alkyl halides is 1. The summed E-state index contributed by atoms with van der Waals surface area (Å²) in [5, 5.41) is 4.52. The Labute approximate surface area is 129 Å². The predicted octanol–water partition coefficient (Wildman–Crippen LogP) is 5.15. The first-order chi connectivity index (χ1) is 10.3. The minimum atomic E-state index is 0.698. The van der Waals surface area contributed by atoms with E-state index in [0.717, 1.165) is 35.2 Å². The first-order valence-electron chi connectivity index (χ1n) is 7.13. The van der Waals surface area contributed by atoms with E-state index < -0.39 is 0 Å². The first-order valence-corrected chi connectivity index (χ1v) is 7.66. The highest BCUT2D eigenvalue weighted by molar-refractivity contribution is 6.17. The lowest BCUT2D eigenvalue weighted by atomic mass is 10.1. The molecule has 21 heavy (non-hydrogen) atoms. The van der Waals surface area contributed by atoms with Gasteiger partial charge in [-0.05, 0) is 48.7 Å². The molecule has 0 bridgehead atoms. The van der Waals surface area contributed by atoms with Gasteiger partial charge in [0, 0.05) is 17.0 Å². The van der Waals surface area contributed by atoms with Gasteiger partial charge in [0.1, 0.15) is 5.82 Å². The lowest BCUT2D eigenvalue weighted by Gasteiger charge is -2.08. The minimum Gasteiger partial charge on any atom is -0.340 e. The molecule has 0 radical (unpaired) electrons. The van der Waals surface area contributed by atoms with Crippen LogP contribution in [-0.4, -0.2) is 10.9 Å². The quantitative estimate of drug-likeness (QED) is 0.659. The van der Waals surface area contributed by atoms with Gasteiger partial charge in [0.05, 0.1) is 5.52 Å². The summed E-state index contributed by atoms with van der Waals surface area (Å²) in [6, 6.07) is 20.6. The third kappa shape index (κ3) is 3.53. The highest BCUT2D eigenvalue weighted by Crippen LogP contribution is 2.20. The predicted molar refractivity (Wildman–Crippen MR) is 90.5 cm³/mol. The second-order valence-electron chi connectivity index (χ2n) is 5.01. The Morgan fingerprint density at radius 1 is 0.952 bits per heavy atom. The lowest BCUT2D eigenvalue weighted by molar-refractivity contribution is 0.929. The average Bonchev–Trinajstić information content (AvgIpc) is 2.53. The molecule has 0 atom stereocenters. The zero-order valence-electron chi connectivity index (χ0n) is 11.7. The summed E-state index contributed by atoms with van der Waals surface area (Å²) in [5.74, 6) is 1.56. The molecule has 1 N–H and O–H groups in total. The van der Waals surface area contributed by atoms with Crippen LogP contribution in [-0.2, 0) is 6.42 Å². The van der Waals surface area contributed by atoms with Crippen LogP contribution in [0, 0.1) is 0 Å². The van der Waals surface area contributed by atoms with Crippen LogP contribution in [0.25, 0.3) is 10.9 Å². The van der Waals surface area contributed by atoms with Crippen molar-refractivity contribution in [1.29, 1.82) is 0 Å². The largest absolute Gasteiger partial charge is 0.340 e. The molecule has 0 aliphatic heterocycles. The molecule has 0 aliphatic rings. The number of fused-ring (bicyclic) bond motifs is 1. The summed E-state index contributed by atoms with van der Waals surface area (Å²) in [6.07, 6.45) is 2.00. The molecule has 0 saturated carbocycles. The molecule has 0 spiro atoms. The van der Waals surface area contributed by atoms with Crippen LogP contribution >= 0.6 is 11.6 Å². The summed E-state index contributed by atoms with van der Waals surface area (Å²) < 4.78 is 0. The number of aryl methyl sites for hydroxylation is 1. The van der Waals surface area contributed by atoms with E-state index in [1.807, 2.05) is 24.3 Å². The van der Waals surface area contributed by atoms with E-state index in [1.165, 1.54) is 5.56 Å². The van der Waals surface area contributed by atoms with Crippen molar-refractivity contribution in [2.24, 2.45) is 0 Å². The Balaban J connectivity index is 1.81. The van der Waals surface area contributed by atoms with Gasteiger partial charge >= 0.3 is 0 Å². The maximum absolute atomic E-state index is 5.75. The van der Waals surface area contributed by atoms with Crippen molar-refractivity contribution in [1.82, 2.24) is 4.98 Å². The van der Waals surface area contributed by atoms with E-state index in [9.17, 15) is 0 Å². The number of hydrogen-bond acceptors (Lipinski definition) is 2. The molecule has 0 unspecified atom stereocenters. The van der Waals surface area contributed by atoms with Crippen LogP contribution in [0.2, 0.25) is 0 Å². The summed E-state index contributed by atoms with van der Waals surface area (Å²) >= 11 is 5.75. The molecule has 0 saturated heterocycles. The summed E-state index contributed by atoms with van der Waals surface area (Å²) in [4.78, 5) is 4.63. The van der Waals surface area contributed by atoms with Crippen LogP contribution in [0.15, 0.2) is 60.7 Å². The van der Waals surface area contributed by atoms with Crippen molar-refractivity contribution < 1.29 is 0 Å². The van der Waals surface area contributed by atoms with E-state index in [4.69, 9.17) is 11.6 Å². The fourth-order valence-electron chi connectivity index (χ4n) is 2.36. The van der Waals surface area contributed by atoms with E-state index in [0.29, 0.717) is 5.88 Å². The Bertz CT molecular complexity index is 740. The SMILES string of the molecule is ClCCCc1cccc(Nc2ccc3ccccc3n2)c1. The van der Waals surface area contributed by atoms with Crippen molar-refractivity contribution >= 4 is 34.0 Å². The standard InChI is InChI=1S/C18H17ClN2/c19-12-4-6-14-5-3-8-16(13-14)20-18-11-10-15-7-1-2-9-17(15)21-18/h1-3,5,7-11,13H,4,6,12H2,(H,20,21). The lowest BCUT2D eigenvalue weighted by Crippen LogP contribution is -1.95. The van der Waals surface area contributed by atoms with Gasteiger partial charge in [0.25, 0.3) is 0 Å². The van der Waals surface area contributed by atoms with Gasteiger partial charge in [-0.15, -0.1) is 11.6 Å². The molecule has 3 rings (SSSR count). The van der Waals surface area contributed by atoms with E-state index in [1.54, 1.807) is 0 Å². The second-order valence-corrected chi connectivity index (χ2v) is 5.39. The molecule has 3 heteroatoms. The Hall–Kier alpha value is -2.06. The summed E-state index contributed by atoms with van der Waals surface area (Å²) in [5.41, 5.74) is 3.35. The Morgan fingerprint density at radius 3 is 2.76 bits per heavy atom. The smallest absolute Gasteiger partial charge is 0.131 e. The van der Waals surface area contributed by atoms with E-state index >= 15 is 0 Å². The number of hydrogen-bond donors (Lipinski definition) is 1. The third-order valence-corrected chi connectivity index (χ3v) is 3.66. The van der Waals surface area contributed by atoms with Crippen molar-refractivity contribution in [3.8, 4) is 0 Å². The number of pyridine rings is 1. The van der Waals surface area contributed by atoms with Gasteiger partial charge < -0.3 is 5.32 Å². The van der Waals surface area contributed by atoms with Crippen LogP contribution in [0.5, 0.6) is 0 Å². The molecule has 2 aromatic carbocycles. The molecule has 0 fully saturated rings. The van der Waals surface area contributed by atoms with Gasteiger partial charge in [-0.2, -0.15) is 0 Å². The Kier molecular flexibility index (Phi) is 4.37. The molecular formula is C18H17ClN2. The zero-order valence-corrected chi connectivity index (χ0v) is 12.5. The van der Waals surface area contributed by atoms with Crippen molar-refractivity contribution in [2.75, 3.05) is 11.2 Å². The molecule has 0 amide bonds. The number of benzene rings is 2. The minimum absolute atomic E-state index is 0.698. The van der Waals surface area contributed by atoms with E-state index in [2.05, 4.69) is 46.7 Å². The fraction of sp³-hybridized carbons (Fsp3) is 0.167. The van der Waals surface area contributed by atoms with Crippen molar-refractivity contribution in [3.05, 3.63) is 66.2 Å². The number of halogens is 1. The van der Waals surface area contributed by atoms with Gasteiger partial charge in [-0.3, -0.25) is 0 Å². The first kappa shape index (κ1) is 13.9. The third-order valence-electron chi connectivity index (χ3n) is 3.40. The molecule has 1 aromatic heterocycles. The molecular weight excluding hydrogens is 280 g/mol. The van der Waals surface area contributed by atoms with Crippen molar-refractivity contribution in [2.45, 2.75) is 12.8 Å². The number of aromatic nitrogens is 1. The van der Waals surface area contributed by atoms with E-state index in [-0.39, 0.29) is 0 Å². The average molecular weight is 297 g/mol. The summed E-state index contributed by atoms with van der Waals surface area (Å²) in [6.45, 7) is 0. The van der Waals surface area contributed by atoms with Gasteiger partial charge in [-0.25, -0.2) is 4.98 Å². The van der Waals surface area contributed by atoms with Crippen LogP contribution in [0.1, 0.15) is 12.0 Å². The van der Waals surface area contributed by atoms with Crippen LogP contribution in [0.3, 0.4) is 0 Å². The maximum Gasteiger partial charge on any atom is 0.131 e. The molecule has 106 valence electrons. The molecule has 2 nitrogen and oxygen atoms in total. The van der Waals surface area contributed by atoms with Gasteiger partial charge in [0.15, 0.2) is 0 Å². The highest BCUT2D eigenvalue weighted by Gasteiger charge is 2.00. The monoisotopic (exact) mass is 296 g/mol. The number of nitrogens with one attached hydrogen (secondary N) is 1. The number of para-hydroxylation sites is 1. The topological polar surface area (TPSA) is 24.9 Å². The van der Waals surface area contributed by atoms with Gasteiger partial charge in [0.2, 0.25) is 0 Å². The molecule has 3 aromatic rings. The van der Waals surface area contributed by atoms with Crippen molar-refractivity contribution in [3.63, 3.8) is 0 Å². The number of nitrogens with zero attached hydrogens (tertiary/aromatic N) is 1. The second kappa shape index (κ2) is 6.59. The summed E-state index contributed by atoms with van der Waals surface area (Å²) in [7, 11) is 0. The number of rotatable bonds is 5. The molecule has 0 aliphatic carbocycles. The molecule has 1 heterocycles. The normalized spacial score (nSPS) is 10.7. The Morgan fingerprint density at radius 2 is 1.86 bits per heavy atom.